The molecule has 0 saturated carbocycles. The molecule has 0 saturated heterocycles. The van der Waals surface area contributed by atoms with Crippen LogP contribution in [0.3, 0.4) is 0 Å². The molecule has 1 N–H and O–H groups in total. The summed E-state index contributed by atoms with van der Waals surface area (Å²) in [5, 5.41) is 7.88. The molecule has 0 bridgehead atoms. The zero-order chi connectivity index (χ0) is 14.3. The van der Waals surface area contributed by atoms with Crippen molar-refractivity contribution < 1.29 is 0 Å². The molecule has 110 valence electrons. The van der Waals surface area contributed by atoms with Crippen molar-refractivity contribution in [2.45, 2.75) is 60.4 Å². The molecule has 0 aliphatic heterocycles. The fourth-order valence-corrected chi connectivity index (χ4v) is 2.46. The standard InChI is InChI=1S/C15H30N4/c1-6-15(7-2,11-16-8-3)9-14-17-12-18-19(14)10-13(4)5/h12-13,16H,6-11H2,1-5H3. The Bertz CT molecular complexity index is 353. The molecule has 0 fully saturated rings. The molecule has 4 nitrogen and oxygen atoms in total. The molecule has 1 aromatic rings. The van der Waals surface area contributed by atoms with E-state index in [9.17, 15) is 0 Å². The van der Waals surface area contributed by atoms with Gasteiger partial charge in [-0.1, -0.05) is 34.6 Å². The highest BCUT2D eigenvalue weighted by molar-refractivity contribution is 4.94. The maximum Gasteiger partial charge on any atom is 0.138 e. The fourth-order valence-electron chi connectivity index (χ4n) is 2.46. The molecule has 1 heterocycles. The quantitative estimate of drug-likeness (QED) is 0.747. The maximum atomic E-state index is 4.48. The first-order chi connectivity index (χ1) is 9.06. The molecular formula is C15H30N4. The summed E-state index contributed by atoms with van der Waals surface area (Å²) in [5.74, 6) is 1.74. The third-order valence-electron chi connectivity index (χ3n) is 4.02. The summed E-state index contributed by atoms with van der Waals surface area (Å²) in [6.45, 7) is 14.2. The van der Waals surface area contributed by atoms with Crippen LogP contribution in [-0.4, -0.2) is 27.9 Å². The zero-order valence-electron chi connectivity index (χ0n) is 13.2. The van der Waals surface area contributed by atoms with Crippen LogP contribution in [0.5, 0.6) is 0 Å². The first kappa shape index (κ1) is 16.2. The molecule has 1 aromatic heterocycles. The van der Waals surface area contributed by atoms with E-state index in [0.29, 0.717) is 11.3 Å². The van der Waals surface area contributed by atoms with Crippen molar-refractivity contribution in [3.63, 3.8) is 0 Å². The van der Waals surface area contributed by atoms with Crippen LogP contribution < -0.4 is 5.32 Å². The predicted molar refractivity (Wildman–Crippen MR) is 80.1 cm³/mol. The molecule has 0 aliphatic carbocycles. The Morgan fingerprint density at radius 1 is 1.26 bits per heavy atom. The van der Waals surface area contributed by atoms with E-state index < -0.39 is 0 Å². The Balaban J connectivity index is 2.81. The van der Waals surface area contributed by atoms with Crippen molar-refractivity contribution in [3.8, 4) is 0 Å². The Kier molecular flexibility index (Phi) is 6.49. The molecule has 0 atom stereocenters. The average Bonchev–Trinajstić information content (AvgIpc) is 2.81. The fraction of sp³-hybridized carbons (Fsp3) is 0.867. The van der Waals surface area contributed by atoms with Crippen LogP contribution in [0.2, 0.25) is 0 Å². The SMILES string of the molecule is CCNCC(CC)(CC)Cc1ncnn1CC(C)C. The summed E-state index contributed by atoms with van der Waals surface area (Å²) in [4.78, 5) is 4.48. The summed E-state index contributed by atoms with van der Waals surface area (Å²) in [6.07, 6.45) is 5.05. The van der Waals surface area contributed by atoms with Gasteiger partial charge >= 0.3 is 0 Å². The van der Waals surface area contributed by atoms with Gasteiger partial charge in [0.25, 0.3) is 0 Å². The van der Waals surface area contributed by atoms with Gasteiger partial charge in [0.2, 0.25) is 0 Å². The minimum atomic E-state index is 0.303. The topological polar surface area (TPSA) is 42.7 Å². The zero-order valence-corrected chi connectivity index (χ0v) is 13.2. The molecule has 0 spiro atoms. The minimum absolute atomic E-state index is 0.303. The number of nitrogens with zero attached hydrogens (tertiary/aromatic N) is 3. The highest BCUT2D eigenvalue weighted by Crippen LogP contribution is 2.29. The van der Waals surface area contributed by atoms with Gasteiger partial charge in [-0.05, 0) is 30.7 Å². The van der Waals surface area contributed by atoms with E-state index in [1.165, 1.54) is 12.8 Å². The maximum absolute atomic E-state index is 4.48. The van der Waals surface area contributed by atoms with Crippen molar-refractivity contribution >= 4 is 0 Å². The van der Waals surface area contributed by atoms with Crippen LogP contribution in [-0.2, 0) is 13.0 Å². The predicted octanol–water partition coefficient (Wildman–Crippen LogP) is 2.89. The molecule has 0 radical (unpaired) electrons. The minimum Gasteiger partial charge on any atom is -0.316 e. The summed E-state index contributed by atoms with van der Waals surface area (Å²) in [6, 6.07) is 0. The van der Waals surface area contributed by atoms with Crippen LogP contribution >= 0.6 is 0 Å². The first-order valence-corrected chi connectivity index (χ1v) is 7.64. The lowest BCUT2D eigenvalue weighted by Gasteiger charge is -2.31. The van der Waals surface area contributed by atoms with Crippen molar-refractivity contribution in [1.82, 2.24) is 20.1 Å². The van der Waals surface area contributed by atoms with Gasteiger partial charge in [-0.15, -0.1) is 0 Å². The van der Waals surface area contributed by atoms with Gasteiger partial charge in [0.05, 0.1) is 0 Å². The molecule has 0 unspecified atom stereocenters. The summed E-state index contributed by atoms with van der Waals surface area (Å²) in [5.41, 5.74) is 0.303. The van der Waals surface area contributed by atoms with E-state index >= 15 is 0 Å². The highest BCUT2D eigenvalue weighted by atomic mass is 15.3. The number of hydrogen-bond donors (Lipinski definition) is 1. The molecule has 0 aromatic carbocycles. The van der Waals surface area contributed by atoms with Gasteiger partial charge in [-0.3, -0.25) is 0 Å². The van der Waals surface area contributed by atoms with Crippen LogP contribution in [0.25, 0.3) is 0 Å². The van der Waals surface area contributed by atoms with Gasteiger partial charge in [0.15, 0.2) is 0 Å². The lowest BCUT2D eigenvalue weighted by molar-refractivity contribution is 0.238. The molecule has 4 heteroatoms. The Morgan fingerprint density at radius 2 is 1.95 bits per heavy atom. The van der Waals surface area contributed by atoms with Crippen molar-refractivity contribution in [1.29, 1.82) is 0 Å². The average molecular weight is 266 g/mol. The van der Waals surface area contributed by atoms with E-state index in [2.05, 4.69) is 54.7 Å². The largest absolute Gasteiger partial charge is 0.316 e. The van der Waals surface area contributed by atoms with E-state index in [-0.39, 0.29) is 0 Å². The van der Waals surface area contributed by atoms with E-state index in [0.717, 1.165) is 31.9 Å². The summed E-state index contributed by atoms with van der Waals surface area (Å²) < 4.78 is 2.08. The summed E-state index contributed by atoms with van der Waals surface area (Å²) in [7, 11) is 0. The third-order valence-corrected chi connectivity index (χ3v) is 4.02. The number of hydrogen-bond acceptors (Lipinski definition) is 3. The lowest BCUT2D eigenvalue weighted by atomic mass is 9.78. The second-order valence-corrected chi connectivity index (χ2v) is 5.92. The normalized spacial score (nSPS) is 12.3. The van der Waals surface area contributed by atoms with Crippen LogP contribution in [0.15, 0.2) is 6.33 Å². The first-order valence-electron chi connectivity index (χ1n) is 7.64. The van der Waals surface area contributed by atoms with Gasteiger partial charge in [-0.2, -0.15) is 5.10 Å². The third kappa shape index (κ3) is 4.60. The monoisotopic (exact) mass is 266 g/mol. The van der Waals surface area contributed by atoms with Crippen molar-refractivity contribution in [2.24, 2.45) is 11.3 Å². The van der Waals surface area contributed by atoms with E-state index in [1.807, 2.05) is 0 Å². The number of nitrogens with one attached hydrogen (secondary N) is 1. The number of aromatic nitrogens is 3. The summed E-state index contributed by atoms with van der Waals surface area (Å²) >= 11 is 0. The van der Waals surface area contributed by atoms with E-state index in [4.69, 9.17) is 0 Å². The second-order valence-electron chi connectivity index (χ2n) is 5.92. The van der Waals surface area contributed by atoms with Crippen molar-refractivity contribution in [3.05, 3.63) is 12.2 Å². The lowest BCUT2D eigenvalue weighted by Crippen LogP contribution is -2.36. The number of rotatable bonds is 9. The van der Waals surface area contributed by atoms with Gasteiger partial charge in [0, 0.05) is 19.5 Å². The molecular weight excluding hydrogens is 236 g/mol. The smallest absolute Gasteiger partial charge is 0.138 e. The van der Waals surface area contributed by atoms with Crippen LogP contribution in [0.1, 0.15) is 53.3 Å². The highest BCUT2D eigenvalue weighted by Gasteiger charge is 2.28. The van der Waals surface area contributed by atoms with E-state index in [1.54, 1.807) is 6.33 Å². The Hall–Kier alpha value is -0.900. The molecule has 1 rings (SSSR count). The second kappa shape index (κ2) is 7.63. The molecule has 19 heavy (non-hydrogen) atoms. The van der Waals surface area contributed by atoms with Gasteiger partial charge in [0.1, 0.15) is 12.2 Å². The van der Waals surface area contributed by atoms with Crippen LogP contribution in [0, 0.1) is 11.3 Å². The molecule has 0 amide bonds. The van der Waals surface area contributed by atoms with Crippen molar-refractivity contribution in [2.75, 3.05) is 13.1 Å². The Morgan fingerprint density at radius 3 is 2.47 bits per heavy atom. The molecule has 0 aliphatic rings. The van der Waals surface area contributed by atoms with Gasteiger partial charge < -0.3 is 5.32 Å². The Labute approximate surface area is 118 Å². The van der Waals surface area contributed by atoms with Gasteiger partial charge in [-0.25, -0.2) is 9.67 Å². The van der Waals surface area contributed by atoms with Crippen LogP contribution in [0.4, 0.5) is 0 Å².